The Bertz CT molecular complexity index is 359. The molecule has 0 aliphatic heterocycles. The maximum atomic E-state index is 10.6. The Morgan fingerprint density at radius 3 is 2.87 bits per heavy atom. The molecule has 1 rings (SSSR count). The average molecular weight is 211 g/mol. The quantitative estimate of drug-likeness (QED) is 0.477. The summed E-state index contributed by atoms with van der Waals surface area (Å²) in [5.41, 5.74) is 2.08. The van der Waals surface area contributed by atoms with Gasteiger partial charge in [-0.1, -0.05) is 0 Å². The van der Waals surface area contributed by atoms with E-state index in [1.54, 1.807) is 6.20 Å². The predicted octanol–water partition coefficient (Wildman–Crippen LogP) is -0.148. The number of carboxylic acids is 1. The van der Waals surface area contributed by atoms with Crippen LogP contribution in [0.25, 0.3) is 0 Å². The lowest BCUT2D eigenvalue weighted by Crippen LogP contribution is -2.31. The Labute approximate surface area is 86.7 Å². The molecule has 0 aliphatic rings. The summed E-state index contributed by atoms with van der Waals surface area (Å²) in [5, 5.41) is 17.2. The number of H-pyrrole nitrogens is 1. The highest BCUT2D eigenvalue weighted by Gasteiger charge is 2.09. The Morgan fingerprint density at radius 1 is 1.60 bits per heavy atom. The van der Waals surface area contributed by atoms with Crippen LogP contribution in [0.15, 0.2) is 6.20 Å². The van der Waals surface area contributed by atoms with Gasteiger partial charge in [0.1, 0.15) is 0 Å². The van der Waals surface area contributed by atoms with Crippen molar-refractivity contribution in [3.05, 3.63) is 17.5 Å². The highest BCUT2D eigenvalue weighted by molar-refractivity contribution is 6.31. The van der Waals surface area contributed by atoms with Gasteiger partial charge in [0.2, 0.25) is 0 Å². The molecular weight excluding hydrogens is 198 g/mol. The van der Waals surface area contributed by atoms with E-state index in [9.17, 15) is 9.59 Å². The summed E-state index contributed by atoms with van der Waals surface area (Å²) in [6, 6.07) is 0. The number of carbonyl (C=O) groups is 2. The van der Waals surface area contributed by atoms with Crippen LogP contribution in [0.3, 0.4) is 0 Å². The van der Waals surface area contributed by atoms with Crippen molar-refractivity contribution in [2.45, 2.75) is 19.8 Å². The van der Waals surface area contributed by atoms with E-state index in [4.69, 9.17) is 5.11 Å². The maximum Gasteiger partial charge on any atom is 0.394 e. The Morgan fingerprint density at radius 2 is 2.33 bits per heavy atom. The van der Waals surface area contributed by atoms with Gasteiger partial charge in [-0.3, -0.25) is 9.89 Å². The summed E-state index contributed by atoms with van der Waals surface area (Å²) in [5.74, 6) is -2.41. The number of nitrogens with zero attached hydrogens (tertiary/aromatic N) is 1. The van der Waals surface area contributed by atoms with Gasteiger partial charge in [0.05, 0.1) is 6.20 Å². The number of nitrogens with one attached hydrogen (secondary N) is 2. The van der Waals surface area contributed by atoms with Crippen LogP contribution in [0, 0.1) is 6.92 Å². The van der Waals surface area contributed by atoms with E-state index in [2.05, 4.69) is 15.5 Å². The molecule has 0 saturated carbocycles. The van der Waals surface area contributed by atoms with Crippen LogP contribution in [0.5, 0.6) is 0 Å². The molecule has 6 nitrogen and oxygen atoms in total. The van der Waals surface area contributed by atoms with Crippen LogP contribution in [0.2, 0.25) is 0 Å². The third-order valence-electron chi connectivity index (χ3n) is 2.04. The summed E-state index contributed by atoms with van der Waals surface area (Å²) in [7, 11) is 0. The zero-order valence-electron chi connectivity index (χ0n) is 8.41. The van der Waals surface area contributed by atoms with Gasteiger partial charge in [-0.05, 0) is 25.3 Å². The fourth-order valence-electron chi connectivity index (χ4n) is 1.18. The third kappa shape index (κ3) is 3.41. The van der Waals surface area contributed by atoms with Crippen molar-refractivity contribution in [3.8, 4) is 0 Å². The lowest BCUT2D eigenvalue weighted by Gasteiger charge is -2.01. The SMILES string of the molecule is Cc1[nH]ncc1CCCNC(=O)C(=O)O. The number of rotatable bonds is 4. The minimum atomic E-state index is -1.45. The first kappa shape index (κ1) is 11.2. The topological polar surface area (TPSA) is 95.1 Å². The van der Waals surface area contributed by atoms with Gasteiger partial charge in [-0.15, -0.1) is 0 Å². The molecule has 0 fully saturated rings. The summed E-state index contributed by atoms with van der Waals surface area (Å²) >= 11 is 0. The summed E-state index contributed by atoms with van der Waals surface area (Å²) in [4.78, 5) is 20.8. The minimum Gasteiger partial charge on any atom is -0.474 e. The number of aliphatic carboxylic acids is 1. The molecular formula is C9H13N3O3. The highest BCUT2D eigenvalue weighted by Crippen LogP contribution is 2.04. The van der Waals surface area contributed by atoms with Crippen molar-refractivity contribution in [1.82, 2.24) is 15.5 Å². The van der Waals surface area contributed by atoms with E-state index in [0.717, 1.165) is 17.7 Å². The lowest BCUT2D eigenvalue weighted by molar-refractivity contribution is -0.150. The molecule has 0 unspecified atom stereocenters. The molecule has 6 heteroatoms. The molecule has 0 atom stereocenters. The molecule has 0 bridgehead atoms. The number of hydrogen-bond donors (Lipinski definition) is 3. The van der Waals surface area contributed by atoms with Crippen molar-refractivity contribution in [2.24, 2.45) is 0 Å². The lowest BCUT2D eigenvalue weighted by atomic mass is 10.1. The molecule has 1 amide bonds. The van der Waals surface area contributed by atoms with Crippen LogP contribution in [0.1, 0.15) is 17.7 Å². The van der Waals surface area contributed by atoms with Crippen LogP contribution in [-0.4, -0.2) is 33.7 Å². The van der Waals surface area contributed by atoms with Crippen molar-refractivity contribution in [3.63, 3.8) is 0 Å². The van der Waals surface area contributed by atoms with Gasteiger partial charge in [-0.25, -0.2) is 4.79 Å². The zero-order valence-corrected chi connectivity index (χ0v) is 8.41. The second kappa shape index (κ2) is 5.14. The number of carbonyl (C=O) groups excluding carboxylic acids is 1. The highest BCUT2D eigenvalue weighted by atomic mass is 16.4. The van der Waals surface area contributed by atoms with Crippen molar-refractivity contribution in [1.29, 1.82) is 0 Å². The first-order valence-corrected chi connectivity index (χ1v) is 4.61. The Hall–Kier alpha value is -1.85. The van der Waals surface area contributed by atoms with Crippen LogP contribution in [-0.2, 0) is 16.0 Å². The number of hydrogen-bond acceptors (Lipinski definition) is 3. The van der Waals surface area contributed by atoms with E-state index >= 15 is 0 Å². The van der Waals surface area contributed by atoms with Crippen molar-refractivity contribution < 1.29 is 14.7 Å². The van der Waals surface area contributed by atoms with Crippen molar-refractivity contribution in [2.75, 3.05) is 6.54 Å². The number of aromatic amines is 1. The van der Waals surface area contributed by atoms with Crippen LogP contribution in [0.4, 0.5) is 0 Å². The fourth-order valence-corrected chi connectivity index (χ4v) is 1.18. The second-order valence-electron chi connectivity index (χ2n) is 3.18. The Balaban J connectivity index is 2.20. The van der Waals surface area contributed by atoms with E-state index in [1.807, 2.05) is 6.92 Å². The summed E-state index contributed by atoms with van der Waals surface area (Å²) in [6.07, 6.45) is 3.19. The molecule has 0 radical (unpaired) electrons. The monoisotopic (exact) mass is 211 g/mol. The van der Waals surface area contributed by atoms with E-state index in [1.165, 1.54) is 0 Å². The molecule has 0 aliphatic carbocycles. The van der Waals surface area contributed by atoms with Crippen LogP contribution >= 0.6 is 0 Å². The smallest absolute Gasteiger partial charge is 0.394 e. The standard InChI is InChI=1S/C9H13N3O3/c1-6-7(5-11-12-6)3-2-4-10-8(13)9(14)15/h5H,2-4H2,1H3,(H,10,13)(H,11,12)(H,14,15). The molecule has 0 spiro atoms. The molecule has 0 saturated heterocycles. The summed E-state index contributed by atoms with van der Waals surface area (Å²) < 4.78 is 0. The van der Waals surface area contributed by atoms with Gasteiger partial charge in [0, 0.05) is 12.2 Å². The molecule has 1 aromatic rings. The predicted molar refractivity (Wildman–Crippen MR) is 52.3 cm³/mol. The Kier molecular flexibility index (Phi) is 3.84. The molecule has 1 heterocycles. The zero-order chi connectivity index (χ0) is 11.3. The first-order valence-electron chi connectivity index (χ1n) is 4.61. The second-order valence-corrected chi connectivity index (χ2v) is 3.18. The average Bonchev–Trinajstić information content (AvgIpc) is 2.58. The van der Waals surface area contributed by atoms with Crippen molar-refractivity contribution >= 4 is 11.9 Å². The summed E-state index contributed by atoms with van der Waals surface area (Å²) in [6.45, 7) is 2.27. The normalized spacial score (nSPS) is 9.93. The van der Waals surface area contributed by atoms with Gasteiger partial charge in [-0.2, -0.15) is 5.10 Å². The van der Waals surface area contributed by atoms with Gasteiger partial charge >= 0.3 is 11.9 Å². The largest absolute Gasteiger partial charge is 0.474 e. The molecule has 3 N–H and O–H groups in total. The van der Waals surface area contributed by atoms with E-state index in [-0.39, 0.29) is 0 Å². The number of aryl methyl sites for hydroxylation is 2. The third-order valence-corrected chi connectivity index (χ3v) is 2.04. The fraction of sp³-hybridized carbons (Fsp3) is 0.444. The van der Waals surface area contributed by atoms with Crippen LogP contribution < -0.4 is 5.32 Å². The molecule has 82 valence electrons. The van der Waals surface area contributed by atoms with Gasteiger partial charge in [0.25, 0.3) is 0 Å². The number of amides is 1. The van der Waals surface area contributed by atoms with Gasteiger partial charge in [0.15, 0.2) is 0 Å². The molecule has 15 heavy (non-hydrogen) atoms. The number of carboxylic acid groups (broad SMARTS) is 1. The maximum absolute atomic E-state index is 10.6. The molecule has 1 aromatic heterocycles. The van der Waals surface area contributed by atoms with E-state index < -0.39 is 11.9 Å². The van der Waals surface area contributed by atoms with E-state index in [0.29, 0.717) is 13.0 Å². The number of aromatic nitrogens is 2. The first-order chi connectivity index (χ1) is 7.11. The van der Waals surface area contributed by atoms with Gasteiger partial charge < -0.3 is 10.4 Å². The minimum absolute atomic E-state index is 0.357. The molecule has 0 aromatic carbocycles.